The molecule has 0 saturated carbocycles. The average molecular weight is 381 g/mol. The predicted octanol–water partition coefficient (Wildman–Crippen LogP) is 5.88. The quantitative estimate of drug-likeness (QED) is 0.579. The molecule has 1 aliphatic rings. The fraction of sp³-hybridized carbons (Fsp3) is 0.115. The lowest BCUT2D eigenvalue weighted by Crippen LogP contribution is -2.26. The van der Waals surface area contributed by atoms with Crippen LogP contribution in [0.15, 0.2) is 85.5 Å². The molecule has 0 bridgehead atoms. The maximum absolute atomic E-state index is 12.2. The van der Waals surface area contributed by atoms with Gasteiger partial charge in [-0.1, -0.05) is 97.6 Å². The Morgan fingerprint density at radius 2 is 1.48 bits per heavy atom. The molecule has 3 aromatic carbocycles. The van der Waals surface area contributed by atoms with Crippen molar-refractivity contribution in [3.05, 3.63) is 108 Å². The maximum Gasteiger partial charge on any atom is 0.407 e. The van der Waals surface area contributed by atoms with Gasteiger partial charge in [0.25, 0.3) is 0 Å². The minimum absolute atomic E-state index is 0.0724. The van der Waals surface area contributed by atoms with Crippen LogP contribution in [0.3, 0.4) is 0 Å². The topological polar surface area (TPSA) is 38.3 Å². The van der Waals surface area contributed by atoms with Crippen molar-refractivity contribution in [3.63, 3.8) is 0 Å². The van der Waals surface area contributed by atoms with Gasteiger partial charge in [-0.15, -0.1) is 0 Å². The van der Waals surface area contributed by atoms with E-state index in [-0.39, 0.29) is 5.92 Å². The number of hydrogen-bond donors (Lipinski definition) is 1. The molecule has 1 amide bonds. The number of benzene rings is 3. The van der Waals surface area contributed by atoms with Crippen LogP contribution in [0.2, 0.25) is 0 Å². The molecule has 0 radical (unpaired) electrons. The van der Waals surface area contributed by atoms with Gasteiger partial charge in [-0.05, 0) is 33.4 Å². The van der Waals surface area contributed by atoms with Crippen molar-refractivity contribution >= 4 is 18.2 Å². The fourth-order valence-electron chi connectivity index (χ4n) is 3.83. The molecule has 3 nitrogen and oxygen atoms in total. The largest absolute Gasteiger partial charge is 0.449 e. The lowest BCUT2D eigenvalue weighted by Gasteiger charge is -2.14. The van der Waals surface area contributed by atoms with E-state index in [9.17, 15) is 4.79 Å². The number of nitrogens with one attached hydrogen (secondary N) is 1. The number of ether oxygens (including phenoxy) is 1. The summed E-state index contributed by atoms with van der Waals surface area (Å²) in [7, 11) is 0. The number of amides is 1. The van der Waals surface area contributed by atoms with Crippen LogP contribution < -0.4 is 5.32 Å². The summed E-state index contributed by atoms with van der Waals surface area (Å²) in [6.45, 7) is 4.55. The van der Waals surface area contributed by atoms with Crippen LogP contribution in [0.1, 0.15) is 28.2 Å². The second-order valence-corrected chi connectivity index (χ2v) is 6.94. The molecule has 0 saturated heterocycles. The molecular formula is C26H23NO2. The van der Waals surface area contributed by atoms with Crippen LogP contribution in [-0.4, -0.2) is 19.2 Å². The average Bonchev–Trinajstić information content (AvgIpc) is 3.09. The highest BCUT2D eigenvalue weighted by Crippen LogP contribution is 2.44. The molecule has 0 aliphatic heterocycles. The Balaban J connectivity index is 1.34. The van der Waals surface area contributed by atoms with E-state index in [0.29, 0.717) is 13.2 Å². The van der Waals surface area contributed by atoms with Crippen LogP contribution in [0.25, 0.3) is 23.3 Å². The first-order valence-corrected chi connectivity index (χ1v) is 9.75. The zero-order chi connectivity index (χ0) is 20.1. The van der Waals surface area contributed by atoms with Crippen molar-refractivity contribution in [1.29, 1.82) is 0 Å². The molecule has 1 aliphatic carbocycles. The Labute approximate surface area is 171 Å². The monoisotopic (exact) mass is 381 g/mol. The van der Waals surface area contributed by atoms with Gasteiger partial charge in [-0.2, -0.15) is 0 Å². The van der Waals surface area contributed by atoms with Crippen molar-refractivity contribution in [3.8, 4) is 11.1 Å². The van der Waals surface area contributed by atoms with Crippen LogP contribution >= 0.6 is 0 Å². The summed E-state index contributed by atoms with van der Waals surface area (Å²) in [5, 5.41) is 2.79. The van der Waals surface area contributed by atoms with Crippen LogP contribution in [0, 0.1) is 0 Å². The molecule has 0 spiro atoms. The van der Waals surface area contributed by atoms with Crippen molar-refractivity contribution in [2.75, 3.05) is 13.2 Å². The molecule has 0 fully saturated rings. The number of alkyl carbamates (subject to hydrolysis) is 1. The van der Waals surface area contributed by atoms with E-state index in [1.165, 1.54) is 22.3 Å². The number of rotatable bonds is 6. The molecule has 0 atom stereocenters. The van der Waals surface area contributed by atoms with Gasteiger partial charge < -0.3 is 10.1 Å². The number of fused-ring (bicyclic) bond motifs is 3. The standard InChI is InChI=1S/C26H23NO2/c1-2-19-10-3-4-11-20(19)12-9-17-27-26(28)29-18-25-23-15-7-5-13-21(23)22-14-6-8-16-24(22)25/h2-16,25H,1,17-18H2,(H,27,28). The minimum Gasteiger partial charge on any atom is -0.449 e. The minimum atomic E-state index is -0.409. The Kier molecular flexibility index (Phi) is 5.57. The van der Waals surface area contributed by atoms with E-state index in [0.717, 1.165) is 11.1 Å². The highest BCUT2D eigenvalue weighted by molar-refractivity contribution is 5.79. The Bertz CT molecular complexity index is 1020. The SMILES string of the molecule is C=Cc1ccccc1C=CCNC(=O)OCC1c2ccccc2-c2ccccc21. The Morgan fingerprint density at radius 1 is 0.897 bits per heavy atom. The summed E-state index contributed by atoms with van der Waals surface area (Å²) in [5.41, 5.74) is 6.99. The Hall–Kier alpha value is -3.59. The summed E-state index contributed by atoms with van der Waals surface area (Å²) in [4.78, 5) is 12.2. The van der Waals surface area contributed by atoms with Gasteiger partial charge >= 0.3 is 6.09 Å². The summed E-state index contributed by atoms with van der Waals surface area (Å²) in [6, 6.07) is 24.6. The molecule has 4 rings (SSSR count). The van der Waals surface area contributed by atoms with Gasteiger partial charge in [0.05, 0.1) is 0 Å². The highest BCUT2D eigenvalue weighted by atomic mass is 16.5. The molecule has 3 aromatic rings. The van der Waals surface area contributed by atoms with Gasteiger partial charge in [0, 0.05) is 12.5 Å². The summed E-state index contributed by atoms with van der Waals surface area (Å²) >= 11 is 0. The van der Waals surface area contributed by atoms with Gasteiger partial charge in [-0.25, -0.2) is 4.79 Å². The van der Waals surface area contributed by atoms with E-state index in [1.54, 1.807) is 0 Å². The Morgan fingerprint density at radius 3 is 2.14 bits per heavy atom. The molecular weight excluding hydrogens is 358 g/mol. The third-order valence-corrected chi connectivity index (χ3v) is 5.22. The van der Waals surface area contributed by atoms with Crippen LogP contribution in [0.4, 0.5) is 4.79 Å². The van der Waals surface area contributed by atoms with E-state index >= 15 is 0 Å². The first-order valence-electron chi connectivity index (χ1n) is 9.75. The fourth-order valence-corrected chi connectivity index (χ4v) is 3.83. The molecule has 0 heterocycles. The van der Waals surface area contributed by atoms with Gasteiger partial charge in [0.2, 0.25) is 0 Å². The predicted molar refractivity (Wildman–Crippen MR) is 119 cm³/mol. The molecule has 144 valence electrons. The maximum atomic E-state index is 12.2. The first kappa shape index (κ1) is 18.8. The second kappa shape index (κ2) is 8.61. The van der Waals surface area contributed by atoms with E-state index in [1.807, 2.05) is 66.8 Å². The third kappa shape index (κ3) is 3.99. The number of hydrogen-bond acceptors (Lipinski definition) is 2. The summed E-state index contributed by atoms with van der Waals surface area (Å²) in [5.74, 6) is 0.0724. The van der Waals surface area contributed by atoms with Gasteiger partial charge in [0.1, 0.15) is 6.61 Å². The molecule has 3 heteroatoms. The van der Waals surface area contributed by atoms with Crippen LogP contribution in [0.5, 0.6) is 0 Å². The third-order valence-electron chi connectivity index (χ3n) is 5.22. The van der Waals surface area contributed by atoms with Gasteiger partial charge in [-0.3, -0.25) is 0 Å². The molecule has 0 unspecified atom stereocenters. The zero-order valence-electron chi connectivity index (χ0n) is 16.2. The van der Waals surface area contributed by atoms with Crippen LogP contribution in [-0.2, 0) is 4.74 Å². The smallest absolute Gasteiger partial charge is 0.407 e. The second-order valence-electron chi connectivity index (χ2n) is 6.94. The van der Waals surface area contributed by atoms with E-state index in [2.05, 4.69) is 36.2 Å². The summed E-state index contributed by atoms with van der Waals surface area (Å²) < 4.78 is 5.54. The molecule has 0 aromatic heterocycles. The number of carbonyl (C=O) groups is 1. The van der Waals surface area contributed by atoms with E-state index in [4.69, 9.17) is 4.74 Å². The van der Waals surface area contributed by atoms with Crippen molar-refractivity contribution in [1.82, 2.24) is 5.32 Å². The zero-order valence-corrected chi connectivity index (χ0v) is 16.2. The van der Waals surface area contributed by atoms with Crippen molar-refractivity contribution in [2.45, 2.75) is 5.92 Å². The normalized spacial score (nSPS) is 12.4. The first-order chi connectivity index (χ1) is 14.3. The summed E-state index contributed by atoms with van der Waals surface area (Å²) in [6.07, 6.45) is 5.29. The lowest BCUT2D eigenvalue weighted by atomic mass is 9.98. The van der Waals surface area contributed by atoms with Crippen molar-refractivity contribution < 1.29 is 9.53 Å². The van der Waals surface area contributed by atoms with Gasteiger partial charge in [0.15, 0.2) is 0 Å². The molecule has 29 heavy (non-hydrogen) atoms. The number of carbonyl (C=O) groups excluding carboxylic acids is 1. The van der Waals surface area contributed by atoms with Crippen molar-refractivity contribution in [2.24, 2.45) is 0 Å². The lowest BCUT2D eigenvalue weighted by molar-refractivity contribution is 0.144. The molecule has 1 N–H and O–H groups in total. The van der Waals surface area contributed by atoms with E-state index < -0.39 is 6.09 Å². The highest BCUT2D eigenvalue weighted by Gasteiger charge is 2.28.